The molecule has 0 saturated heterocycles. The van der Waals surface area contributed by atoms with Gasteiger partial charge in [-0.1, -0.05) is 43.9 Å². The third-order valence-electron chi connectivity index (χ3n) is 5.33. The Morgan fingerprint density at radius 3 is 2.57 bits per heavy atom. The van der Waals surface area contributed by atoms with E-state index < -0.39 is 5.97 Å². The number of ether oxygens (including phenoxy) is 1. The molecular formula is C24H26BrNO4. The van der Waals surface area contributed by atoms with E-state index in [9.17, 15) is 14.7 Å². The lowest BCUT2D eigenvalue weighted by atomic mass is 10.0. The SMILES string of the molecule is Cc1cc(/C=C(\NC(=O)CCC2CCCC2)C(=O)O)ccc1Oc1ccccc1Br. The third kappa shape index (κ3) is 6.20. The van der Waals surface area contributed by atoms with Gasteiger partial charge in [0, 0.05) is 6.42 Å². The Morgan fingerprint density at radius 2 is 1.90 bits per heavy atom. The number of benzene rings is 2. The molecule has 1 aliphatic carbocycles. The van der Waals surface area contributed by atoms with Crippen molar-refractivity contribution in [2.24, 2.45) is 5.92 Å². The predicted molar refractivity (Wildman–Crippen MR) is 120 cm³/mol. The van der Waals surface area contributed by atoms with Crippen LogP contribution in [0, 0.1) is 12.8 Å². The first-order valence-electron chi connectivity index (χ1n) is 10.2. The molecule has 0 atom stereocenters. The van der Waals surface area contributed by atoms with Gasteiger partial charge in [-0.2, -0.15) is 0 Å². The van der Waals surface area contributed by atoms with Crippen LogP contribution in [0.2, 0.25) is 0 Å². The number of hydrogen-bond donors (Lipinski definition) is 2. The zero-order chi connectivity index (χ0) is 21.5. The van der Waals surface area contributed by atoms with E-state index in [1.165, 1.54) is 31.8 Å². The van der Waals surface area contributed by atoms with E-state index in [0.29, 0.717) is 29.4 Å². The number of rotatable bonds is 8. The van der Waals surface area contributed by atoms with E-state index in [1.54, 1.807) is 12.1 Å². The minimum Gasteiger partial charge on any atom is -0.477 e. The Bertz CT molecular complexity index is 948. The van der Waals surface area contributed by atoms with Gasteiger partial charge in [0.2, 0.25) is 5.91 Å². The number of carboxylic acids is 1. The fraction of sp³-hybridized carbons (Fsp3) is 0.333. The van der Waals surface area contributed by atoms with Crippen molar-refractivity contribution in [3.05, 3.63) is 63.8 Å². The van der Waals surface area contributed by atoms with Crippen LogP contribution in [-0.4, -0.2) is 17.0 Å². The monoisotopic (exact) mass is 471 g/mol. The molecule has 0 bridgehead atoms. The van der Waals surface area contributed by atoms with E-state index >= 15 is 0 Å². The zero-order valence-electron chi connectivity index (χ0n) is 17.0. The summed E-state index contributed by atoms with van der Waals surface area (Å²) in [6, 6.07) is 13.0. The minimum atomic E-state index is -1.16. The van der Waals surface area contributed by atoms with Crippen LogP contribution >= 0.6 is 15.9 Å². The maximum atomic E-state index is 12.2. The van der Waals surface area contributed by atoms with Crippen LogP contribution in [-0.2, 0) is 9.59 Å². The normalized spacial score (nSPS) is 14.5. The molecule has 2 aromatic rings. The number of aliphatic carboxylic acids is 1. The van der Waals surface area contributed by atoms with Gasteiger partial charge in [-0.15, -0.1) is 0 Å². The van der Waals surface area contributed by atoms with Gasteiger partial charge in [0.1, 0.15) is 17.2 Å². The first-order chi connectivity index (χ1) is 14.4. The Kier molecular flexibility index (Phi) is 7.69. The van der Waals surface area contributed by atoms with Crippen LogP contribution in [0.25, 0.3) is 6.08 Å². The third-order valence-corrected chi connectivity index (χ3v) is 5.98. The van der Waals surface area contributed by atoms with Gasteiger partial charge in [0.15, 0.2) is 0 Å². The Labute approximate surface area is 185 Å². The molecule has 158 valence electrons. The molecular weight excluding hydrogens is 446 g/mol. The number of aryl methyl sites for hydroxylation is 1. The van der Waals surface area contributed by atoms with Gasteiger partial charge in [0.05, 0.1) is 4.47 Å². The van der Waals surface area contributed by atoms with Crippen LogP contribution in [0.4, 0.5) is 0 Å². The van der Waals surface area contributed by atoms with Gasteiger partial charge in [-0.25, -0.2) is 4.79 Å². The molecule has 0 aliphatic heterocycles. The van der Waals surface area contributed by atoms with Crippen molar-refractivity contribution in [1.29, 1.82) is 0 Å². The van der Waals surface area contributed by atoms with Crippen molar-refractivity contribution in [1.82, 2.24) is 5.32 Å². The molecule has 2 N–H and O–H groups in total. The van der Waals surface area contributed by atoms with Crippen molar-refractivity contribution in [2.75, 3.05) is 0 Å². The maximum Gasteiger partial charge on any atom is 0.352 e. The van der Waals surface area contributed by atoms with Crippen molar-refractivity contribution in [3.63, 3.8) is 0 Å². The summed E-state index contributed by atoms with van der Waals surface area (Å²) in [6.45, 7) is 1.89. The molecule has 0 spiro atoms. The molecule has 0 radical (unpaired) electrons. The summed E-state index contributed by atoms with van der Waals surface area (Å²) in [5.41, 5.74) is 1.42. The second-order valence-electron chi connectivity index (χ2n) is 7.66. The second-order valence-corrected chi connectivity index (χ2v) is 8.51. The second kappa shape index (κ2) is 10.4. The van der Waals surface area contributed by atoms with Gasteiger partial charge in [-0.05, 0) is 76.7 Å². The highest BCUT2D eigenvalue weighted by Gasteiger charge is 2.18. The molecule has 5 nitrogen and oxygen atoms in total. The lowest BCUT2D eigenvalue weighted by molar-refractivity contribution is -0.134. The van der Waals surface area contributed by atoms with E-state index in [-0.39, 0.29) is 11.6 Å². The van der Waals surface area contributed by atoms with Crippen LogP contribution < -0.4 is 10.1 Å². The summed E-state index contributed by atoms with van der Waals surface area (Å²) in [4.78, 5) is 23.8. The van der Waals surface area contributed by atoms with Gasteiger partial charge >= 0.3 is 5.97 Å². The molecule has 0 aromatic heterocycles. The summed E-state index contributed by atoms with van der Waals surface area (Å²) in [5.74, 6) is 0.561. The highest BCUT2D eigenvalue weighted by molar-refractivity contribution is 9.10. The van der Waals surface area contributed by atoms with Crippen LogP contribution in [0.1, 0.15) is 49.7 Å². The van der Waals surface area contributed by atoms with Crippen LogP contribution in [0.5, 0.6) is 11.5 Å². The molecule has 0 unspecified atom stereocenters. The Morgan fingerprint density at radius 1 is 1.17 bits per heavy atom. The van der Waals surface area contributed by atoms with E-state index in [2.05, 4.69) is 21.2 Å². The zero-order valence-corrected chi connectivity index (χ0v) is 18.6. The highest BCUT2D eigenvalue weighted by atomic mass is 79.9. The van der Waals surface area contributed by atoms with Crippen LogP contribution in [0.15, 0.2) is 52.6 Å². The van der Waals surface area contributed by atoms with Gasteiger partial charge in [0.25, 0.3) is 0 Å². The molecule has 30 heavy (non-hydrogen) atoms. The number of hydrogen-bond acceptors (Lipinski definition) is 3. The first kappa shape index (κ1) is 22.1. The number of carbonyl (C=O) groups is 2. The maximum absolute atomic E-state index is 12.2. The first-order valence-corrected chi connectivity index (χ1v) is 11.0. The van der Waals surface area contributed by atoms with E-state index in [1.807, 2.05) is 37.3 Å². The molecule has 1 amide bonds. The topological polar surface area (TPSA) is 75.6 Å². The number of halogens is 1. The fourth-order valence-corrected chi connectivity index (χ4v) is 4.05. The van der Waals surface area contributed by atoms with Crippen molar-refractivity contribution in [2.45, 2.75) is 45.4 Å². The quantitative estimate of drug-likeness (QED) is 0.458. The number of nitrogens with one attached hydrogen (secondary N) is 1. The molecule has 2 aromatic carbocycles. The van der Waals surface area contributed by atoms with Crippen LogP contribution in [0.3, 0.4) is 0 Å². The predicted octanol–water partition coefficient (Wildman–Crippen LogP) is 6.06. The lowest BCUT2D eigenvalue weighted by Crippen LogP contribution is -2.27. The smallest absolute Gasteiger partial charge is 0.352 e. The largest absolute Gasteiger partial charge is 0.477 e. The number of carbonyl (C=O) groups excluding carboxylic acids is 1. The number of para-hydroxylation sites is 1. The molecule has 1 saturated carbocycles. The highest BCUT2D eigenvalue weighted by Crippen LogP contribution is 2.32. The summed E-state index contributed by atoms with van der Waals surface area (Å²) >= 11 is 3.46. The lowest BCUT2D eigenvalue weighted by Gasteiger charge is -2.12. The van der Waals surface area contributed by atoms with Gasteiger partial charge in [-0.3, -0.25) is 4.79 Å². The number of amides is 1. The fourth-order valence-electron chi connectivity index (χ4n) is 3.69. The summed E-state index contributed by atoms with van der Waals surface area (Å²) < 4.78 is 6.79. The van der Waals surface area contributed by atoms with E-state index in [4.69, 9.17) is 4.74 Å². The summed E-state index contributed by atoms with van der Waals surface area (Å²) in [6.07, 6.45) is 7.45. The molecule has 0 heterocycles. The Balaban J connectivity index is 1.67. The van der Waals surface area contributed by atoms with Gasteiger partial charge < -0.3 is 15.2 Å². The van der Waals surface area contributed by atoms with E-state index in [0.717, 1.165) is 16.5 Å². The minimum absolute atomic E-state index is 0.120. The standard InChI is InChI=1S/C24H26BrNO4/c1-16-14-18(10-12-21(16)30-22-9-5-4-8-19(22)25)15-20(24(28)29)26-23(27)13-11-17-6-2-3-7-17/h4-5,8-10,12,14-15,17H,2-3,6-7,11,13H2,1H3,(H,26,27)(H,28,29)/b20-15-. The Hall–Kier alpha value is -2.60. The average molecular weight is 472 g/mol. The summed E-state index contributed by atoms with van der Waals surface area (Å²) in [7, 11) is 0. The van der Waals surface area contributed by atoms with Crippen molar-refractivity contribution < 1.29 is 19.4 Å². The summed E-state index contributed by atoms with van der Waals surface area (Å²) in [5, 5.41) is 12.1. The van der Waals surface area contributed by atoms with Crippen molar-refractivity contribution in [3.8, 4) is 11.5 Å². The van der Waals surface area contributed by atoms with Crippen molar-refractivity contribution >= 4 is 33.9 Å². The molecule has 3 rings (SSSR count). The number of carboxylic acid groups (broad SMARTS) is 1. The molecule has 1 fully saturated rings. The molecule has 6 heteroatoms. The average Bonchev–Trinajstić information content (AvgIpc) is 3.23. The molecule has 1 aliphatic rings.